The molecular weight excluding hydrogens is 454 g/mol. The molecule has 0 aliphatic heterocycles. The van der Waals surface area contributed by atoms with Crippen molar-refractivity contribution in [1.29, 1.82) is 0 Å². The SMILES string of the molecule is COc1cc(Br)cc(C)c1Nc1nc2c(CCN)ccc(NC(C)C)c2n1C.Cl. The predicted octanol–water partition coefficient (Wildman–Crippen LogP) is 5.14. The maximum atomic E-state index is 5.82. The number of fused-ring (bicyclic) bond motifs is 1. The highest BCUT2D eigenvalue weighted by molar-refractivity contribution is 9.10. The molecule has 0 amide bonds. The Morgan fingerprint density at radius 1 is 1.28 bits per heavy atom. The fourth-order valence-corrected chi connectivity index (χ4v) is 3.97. The van der Waals surface area contributed by atoms with Crippen molar-refractivity contribution in [3.05, 3.63) is 39.9 Å². The molecule has 4 N–H and O–H groups in total. The predicted molar refractivity (Wildman–Crippen MR) is 128 cm³/mol. The Balaban J connectivity index is 0.00000300. The molecule has 2 aromatic carbocycles. The number of methoxy groups -OCH3 is 1. The summed E-state index contributed by atoms with van der Waals surface area (Å²) in [6, 6.07) is 8.55. The Labute approximate surface area is 186 Å². The summed E-state index contributed by atoms with van der Waals surface area (Å²) in [5, 5.41) is 7.00. The molecule has 8 heteroatoms. The molecule has 3 rings (SSSR count). The first-order valence-electron chi connectivity index (χ1n) is 9.41. The van der Waals surface area contributed by atoms with Gasteiger partial charge in [0, 0.05) is 17.6 Å². The summed E-state index contributed by atoms with van der Waals surface area (Å²) >= 11 is 3.53. The number of imidazole rings is 1. The van der Waals surface area contributed by atoms with Gasteiger partial charge >= 0.3 is 0 Å². The van der Waals surface area contributed by atoms with E-state index in [1.54, 1.807) is 7.11 Å². The number of nitrogens with two attached hydrogens (primary N) is 1. The van der Waals surface area contributed by atoms with Crippen LogP contribution in [0.5, 0.6) is 5.75 Å². The molecule has 0 aliphatic carbocycles. The number of hydrogen-bond donors (Lipinski definition) is 3. The van der Waals surface area contributed by atoms with E-state index in [0.717, 1.165) is 56.1 Å². The van der Waals surface area contributed by atoms with Gasteiger partial charge < -0.3 is 25.7 Å². The number of ether oxygens (including phenoxy) is 1. The number of rotatable bonds is 7. The smallest absolute Gasteiger partial charge is 0.208 e. The van der Waals surface area contributed by atoms with E-state index in [0.29, 0.717) is 12.6 Å². The second kappa shape index (κ2) is 9.69. The van der Waals surface area contributed by atoms with Gasteiger partial charge in [0.05, 0.1) is 29.5 Å². The number of anilines is 3. The van der Waals surface area contributed by atoms with Crippen LogP contribution in [0.4, 0.5) is 17.3 Å². The Bertz CT molecular complexity index is 1000. The average Bonchev–Trinajstić information content (AvgIpc) is 2.96. The molecule has 0 atom stereocenters. The van der Waals surface area contributed by atoms with E-state index in [4.69, 9.17) is 15.5 Å². The minimum absolute atomic E-state index is 0. The molecule has 0 unspecified atom stereocenters. The topological polar surface area (TPSA) is 77.1 Å². The lowest BCUT2D eigenvalue weighted by Gasteiger charge is -2.15. The summed E-state index contributed by atoms with van der Waals surface area (Å²) in [5.41, 5.74) is 12.0. The molecule has 0 bridgehead atoms. The van der Waals surface area contributed by atoms with E-state index in [9.17, 15) is 0 Å². The second-order valence-corrected chi connectivity index (χ2v) is 8.14. The Kier molecular flexibility index (Phi) is 7.80. The maximum absolute atomic E-state index is 5.82. The molecular formula is C21H29BrClN5O. The van der Waals surface area contributed by atoms with Gasteiger partial charge in [-0.3, -0.25) is 0 Å². The molecule has 0 radical (unpaired) electrons. The quantitative estimate of drug-likeness (QED) is 0.435. The van der Waals surface area contributed by atoms with Gasteiger partial charge in [0.25, 0.3) is 0 Å². The largest absolute Gasteiger partial charge is 0.495 e. The lowest BCUT2D eigenvalue weighted by atomic mass is 10.1. The summed E-state index contributed by atoms with van der Waals surface area (Å²) in [4.78, 5) is 4.92. The van der Waals surface area contributed by atoms with Crippen LogP contribution >= 0.6 is 28.3 Å². The highest BCUT2D eigenvalue weighted by Gasteiger charge is 2.18. The molecule has 0 aliphatic rings. The van der Waals surface area contributed by atoms with Crippen molar-refractivity contribution in [2.24, 2.45) is 12.8 Å². The van der Waals surface area contributed by atoms with E-state index in [2.05, 4.69) is 63.2 Å². The normalized spacial score (nSPS) is 10.9. The number of benzene rings is 2. The van der Waals surface area contributed by atoms with Crippen LogP contribution in [0, 0.1) is 6.92 Å². The minimum Gasteiger partial charge on any atom is -0.495 e. The lowest BCUT2D eigenvalue weighted by Crippen LogP contribution is -2.11. The van der Waals surface area contributed by atoms with Crippen molar-refractivity contribution in [3.8, 4) is 5.75 Å². The molecule has 158 valence electrons. The van der Waals surface area contributed by atoms with Crippen molar-refractivity contribution in [3.63, 3.8) is 0 Å². The maximum Gasteiger partial charge on any atom is 0.208 e. The van der Waals surface area contributed by atoms with Crippen molar-refractivity contribution in [2.45, 2.75) is 33.2 Å². The molecule has 0 fully saturated rings. The number of halogens is 2. The molecule has 0 spiro atoms. The fourth-order valence-electron chi connectivity index (χ4n) is 3.41. The van der Waals surface area contributed by atoms with Gasteiger partial charge in [0.15, 0.2) is 0 Å². The number of aryl methyl sites for hydroxylation is 2. The molecule has 29 heavy (non-hydrogen) atoms. The molecule has 1 heterocycles. The van der Waals surface area contributed by atoms with Crippen LogP contribution < -0.4 is 21.1 Å². The van der Waals surface area contributed by atoms with Gasteiger partial charge in [-0.1, -0.05) is 22.0 Å². The third-order valence-corrected chi connectivity index (χ3v) is 5.14. The second-order valence-electron chi connectivity index (χ2n) is 7.23. The van der Waals surface area contributed by atoms with Gasteiger partial charge in [-0.15, -0.1) is 12.4 Å². The van der Waals surface area contributed by atoms with Gasteiger partial charge in [-0.25, -0.2) is 4.98 Å². The Morgan fingerprint density at radius 3 is 2.62 bits per heavy atom. The molecule has 0 saturated carbocycles. The van der Waals surface area contributed by atoms with E-state index in [-0.39, 0.29) is 12.4 Å². The summed E-state index contributed by atoms with van der Waals surface area (Å²) < 4.78 is 8.64. The summed E-state index contributed by atoms with van der Waals surface area (Å²) in [6.07, 6.45) is 0.787. The lowest BCUT2D eigenvalue weighted by molar-refractivity contribution is 0.416. The first kappa shape index (κ1) is 23.3. The Morgan fingerprint density at radius 2 is 2.00 bits per heavy atom. The van der Waals surface area contributed by atoms with Crippen molar-refractivity contribution in [1.82, 2.24) is 9.55 Å². The average molecular weight is 483 g/mol. The highest BCUT2D eigenvalue weighted by Crippen LogP contribution is 2.36. The number of nitrogens with zero attached hydrogens (tertiary/aromatic N) is 2. The summed E-state index contributed by atoms with van der Waals surface area (Å²) in [6.45, 7) is 6.89. The van der Waals surface area contributed by atoms with Gasteiger partial charge in [-0.2, -0.15) is 0 Å². The number of nitrogens with one attached hydrogen (secondary N) is 2. The summed E-state index contributed by atoms with van der Waals surface area (Å²) in [7, 11) is 3.70. The van der Waals surface area contributed by atoms with Crippen LogP contribution in [0.15, 0.2) is 28.7 Å². The van der Waals surface area contributed by atoms with Crippen molar-refractivity contribution < 1.29 is 4.74 Å². The van der Waals surface area contributed by atoms with Crippen molar-refractivity contribution in [2.75, 3.05) is 24.3 Å². The number of aromatic nitrogens is 2. The van der Waals surface area contributed by atoms with E-state index >= 15 is 0 Å². The first-order chi connectivity index (χ1) is 13.3. The third kappa shape index (κ3) is 4.79. The molecule has 3 aromatic rings. The van der Waals surface area contributed by atoms with Gasteiger partial charge in [0.1, 0.15) is 5.75 Å². The van der Waals surface area contributed by atoms with Crippen molar-refractivity contribution >= 4 is 56.7 Å². The molecule has 1 aromatic heterocycles. The van der Waals surface area contributed by atoms with Gasteiger partial charge in [-0.05, 0) is 63.1 Å². The van der Waals surface area contributed by atoms with E-state index in [1.165, 1.54) is 0 Å². The zero-order valence-electron chi connectivity index (χ0n) is 17.5. The monoisotopic (exact) mass is 481 g/mol. The minimum atomic E-state index is 0. The van der Waals surface area contributed by atoms with Crippen LogP contribution in [0.3, 0.4) is 0 Å². The van der Waals surface area contributed by atoms with Crippen LogP contribution in [-0.2, 0) is 13.5 Å². The Hall–Kier alpha value is -1.96. The van der Waals surface area contributed by atoms with Crippen LogP contribution in [0.2, 0.25) is 0 Å². The van der Waals surface area contributed by atoms with Crippen LogP contribution in [-0.4, -0.2) is 29.2 Å². The number of hydrogen-bond acceptors (Lipinski definition) is 5. The summed E-state index contributed by atoms with van der Waals surface area (Å²) in [5.74, 6) is 1.52. The first-order valence-corrected chi connectivity index (χ1v) is 10.2. The third-order valence-electron chi connectivity index (χ3n) is 4.68. The van der Waals surface area contributed by atoms with Crippen LogP contribution in [0.25, 0.3) is 11.0 Å². The van der Waals surface area contributed by atoms with E-state index < -0.39 is 0 Å². The highest BCUT2D eigenvalue weighted by atomic mass is 79.9. The van der Waals surface area contributed by atoms with Gasteiger partial charge in [0.2, 0.25) is 5.95 Å². The fraction of sp³-hybridized carbons (Fsp3) is 0.381. The zero-order valence-corrected chi connectivity index (χ0v) is 19.9. The molecule has 6 nitrogen and oxygen atoms in total. The van der Waals surface area contributed by atoms with Crippen LogP contribution in [0.1, 0.15) is 25.0 Å². The van der Waals surface area contributed by atoms with E-state index in [1.807, 2.05) is 20.0 Å². The molecule has 0 saturated heterocycles. The standard InChI is InChI=1S/C21H28BrN5O.ClH/c1-12(2)24-16-7-6-14(8-9-23)19-20(16)27(4)21(26-19)25-18-13(3)10-15(22)11-17(18)28-5;/h6-7,10-12,24H,8-9,23H2,1-5H3,(H,25,26);1H. The zero-order chi connectivity index (χ0) is 20.4.